The van der Waals surface area contributed by atoms with Crippen molar-refractivity contribution < 1.29 is 8.42 Å². The van der Waals surface area contributed by atoms with Gasteiger partial charge in [-0.3, -0.25) is 4.79 Å². The van der Waals surface area contributed by atoms with Gasteiger partial charge in [0.1, 0.15) is 0 Å². The summed E-state index contributed by atoms with van der Waals surface area (Å²) in [5, 5.41) is 0.232. The van der Waals surface area contributed by atoms with Crippen molar-refractivity contribution in [3.8, 4) is 0 Å². The van der Waals surface area contributed by atoms with Crippen LogP contribution in [0.3, 0.4) is 0 Å². The maximum atomic E-state index is 12.1. The Bertz CT molecular complexity index is 959. The Morgan fingerprint density at radius 3 is 2.46 bits per heavy atom. The van der Waals surface area contributed by atoms with Crippen LogP contribution in [-0.4, -0.2) is 19.7 Å². The molecule has 3 rings (SSSR count). The van der Waals surface area contributed by atoms with Gasteiger partial charge in [-0.15, -0.1) is 0 Å². The van der Waals surface area contributed by atoms with Crippen molar-refractivity contribution in [1.29, 1.82) is 0 Å². The van der Waals surface area contributed by atoms with Gasteiger partial charge in [-0.25, -0.2) is 8.42 Å². The van der Waals surface area contributed by atoms with Crippen LogP contribution < -0.4 is 5.56 Å². The van der Waals surface area contributed by atoms with Crippen molar-refractivity contribution in [3.05, 3.63) is 62.5 Å². The molecule has 1 aliphatic rings. The summed E-state index contributed by atoms with van der Waals surface area (Å²) in [4.78, 5) is 15.2. The highest BCUT2D eigenvalue weighted by Crippen LogP contribution is 2.38. The molecule has 1 aliphatic carbocycles. The van der Waals surface area contributed by atoms with Gasteiger partial charge in [-0.05, 0) is 43.0 Å². The van der Waals surface area contributed by atoms with E-state index in [0.29, 0.717) is 11.5 Å². The van der Waals surface area contributed by atoms with Gasteiger partial charge in [0.05, 0.1) is 9.92 Å². The molecule has 0 radical (unpaired) electrons. The number of halogens is 1. The summed E-state index contributed by atoms with van der Waals surface area (Å²) in [6.07, 6.45) is 6.96. The number of nitrogens with one attached hydrogen (secondary N) is 1. The number of H-pyrrole nitrogens is 1. The van der Waals surface area contributed by atoms with E-state index >= 15 is 0 Å². The molecule has 0 aliphatic heterocycles. The topological polar surface area (TPSA) is 67.0 Å². The van der Waals surface area contributed by atoms with Gasteiger partial charge in [-0.1, -0.05) is 49.4 Å². The highest BCUT2D eigenvalue weighted by atomic mass is 35.5. The Morgan fingerprint density at radius 1 is 1.19 bits per heavy atom. The quantitative estimate of drug-likeness (QED) is 0.815. The van der Waals surface area contributed by atoms with Crippen LogP contribution in [0.4, 0.5) is 0 Å². The predicted octanol–water partition coefficient (Wildman–Crippen LogP) is 4.45. The summed E-state index contributed by atoms with van der Waals surface area (Å²) in [6, 6.07) is 8.91. The fourth-order valence-corrected chi connectivity index (χ4v) is 5.16. The van der Waals surface area contributed by atoms with Crippen molar-refractivity contribution in [1.82, 2.24) is 4.98 Å². The van der Waals surface area contributed by atoms with Gasteiger partial charge < -0.3 is 4.98 Å². The van der Waals surface area contributed by atoms with Gasteiger partial charge in [0.2, 0.25) is 0 Å². The molecule has 1 aromatic carbocycles. The minimum atomic E-state index is -3.37. The van der Waals surface area contributed by atoms with Crippen LogP contribution in [0.15, 0.2) is 40.0 Å². The highest BCUT2D eigenvalue weighted by molar-refractivity contribution is 7.90. The number of aromatic nitrogens is 1. The van der Waals surface area contributed by atoms with Gasteiger partial charge in [0, 0.05) is 23.4 Å². The molecule has 1 fully saturated rings. The molecule has 6 heteroatoms. The summed E-state index contributed by atoms with van der Waals surface area (Å²) in [5.41, 5.74) is 2.39. The van der Waals surface area contributed by atoms with E-state index in [-0.39, 0.29) is 21.4 Å². The first-order chi connectivity index (χ1) is 12.3. The molecule has 1 N–H and O–H groups in total. The lowest BCUT2D eigenvalue weighted by Crippen LogP contribution is -2.16. The molecule has 0 bridgehead atoms. The summed E-state index contributed by atoms with van der Waals surface area (Å²) in [7, 11) is -3.37. The maximum absolute atomic E-state index is 12.1. The minimum Gasteiger partial charge on any atom is -0.325 e. The number of pyridine rings is 1. The standard InChI is InChI=1S/C20H24ClNO3S/c1-13-7-9-18(22-20(13)23)16(11-14-5-3-4-6-14)15-8-10-19(17(21)12-15)26(2,24)25/h7-10,12,14,16H,3-6,11H2,1-2H3,(H,22,23). The molecule has 0 spiro atoms. The van der Waals surface area contributed by atoms with E-state index in [4.69, 9.17) is 11.6 Å². The molecule has 1 unspecified atom stereocenters. The van der Waals surface area contributed by atoms with Crippen LogP contribution >= 0.6 is 11.6 Å². The van der Waals surface area contributed by atoms with Crippen molar-refractivity contribution in [3.63, 3.8) is 0 Å². The Hall–Kier alpha value is -1.59. The number of hydrogen-bond acceptors (Lipinski definition) is 3. The van der Waals surface area contributed by atoms with Crippen LogP contribution in [0.25, 0.3) is 0 Å². The lowest BCUT2D eigenvalue weighted by atomic mass is 9.85. The van der Waals surface area contributed by atoms with Crippen LogP contribution in [0.1, 0.15) is 54.8 Å². The van der Waals surface area contributed by atoms with E-state index < -0.39 is 9.84 Å². The van der Waals surface area contributed by atoms with Crippen LogP contribution in [0.5, 0.6) is 0 Å². The van der Waals surface area contributed by atoms with Crippen molar-refractivity contribution in [2.45, 2.75) is 49.8 Å². The second-order valence-corrected chi connectivity index (χ2v) is 9.72. The normalized spacial score (nSPS) is 16.7. The minimum absolute atomic E-state index is 0.00231. The van der Waals surface area contributed by atoms with Crippen LogP contribution in [-0.2, 0) is 9.84 Å². The molecule has 4 nitrogen and oxygen atoms in total. The lowest BCUT2D eigenvalue weighted by Gasteiger charge is -2.22. The lowest BCUT2D eigenvalue weighted by molar-refractivity contribution is 0.468. The van der Waals surface area contributed by atoms with E-state index in [1.807, 2.05) is 18.2 Å². The summed E-state index contributed by atoms with van der Waals surface area (Å²) < 4.78 is 23.7. The van der Waals surface area contributed by atoms with Gasteiger partial charge >= 0.3 is 0 Å². The zero-order valence-corrected chi connectivity index (χ0v) is 16.7. The van der Waals surface area contributed by atoms with Gasteiger partial charge in [-0.2, -0.15) is 0 Å². The number of aromatic amines is 1. The Kier molecular flexibility index (Phi) is 5.58. The fraction of sp³-hybridized carbons (Fsp3) is 0.450. The zero-order valence-electron chi connectivity index (χ0n) is 15.1. The third-order valence-corrected chi connectivity index (χ3v) is 6.89. The van der Waals surface area contributed by atoms with Crippen LogP contribution in [0.2, 0.25) is 5.02 Å². The van der Waals surface area contributed by atoms with E-state index in [1.165, 1.54) is 25.7 Å². The number of rotatable bonds is 5. The SMILES string of the molecule is Cc1ccc(C(CC2CCCC2)c2ccc(S(C)(=O)=O)c(Cl)c2)[nH]c1=O. The largest absolute Gasteiger partial charge is 0.325 e. The number of benzene rings is 1. The molecule has 1 heterocycles. The molecule has 0 amide bonds. The summed E-state index contributed by atoms with van der Waals surface area (Å²) >= 11 is 6.27. The van der Waals surface area contributed by atoms with Crippen LogP contribution in [0, 0.1) is 12.8 Å². The van der Waals surface area contributed by atoms with E-state index in [0.717, 1.165) is 23.9 Å². The number of sulfone groups is 1. The smallest absolute Gasteiger partial charge is 0.251 e. The van der Waals surface area contributed by atoms with Gasteiger partial charge in [0.25, 0.3) is 5.56 Å². The Balaban J connectivity index is 2.03. The number of hydrogen-bond donors (Lipinski definition) is 1. The molecule has 1 saturated carbocycles. The maximum Gasteiger partial charge on any atom is 0.251 e. The fourth-order valence-electron chi connectivity index (χ4n) is 3.82. The van der Waals surface area contributed by atoms with E-state index in [2.05, 4.69) is 4.98 Å². The predicted molar refractivity (Wildman–Crippen MR) is 105 cm³/mol. The average molecular weight is 394 g/mol. The van der Waals surface area contributed by atoms with Gasteiger partial charge in [0.15, 0.2) is 9.84 Å². The summed E-state index contributed by atoms with van der Waals surface area (Å²) in [6.45, 7) is 1.78. The second kappa shape index (κ2) is 7.57. The summed E-state index contributed by atoms with van der Waals surface area (Å²) in [5.74, 6) is 0.607. The molecule has 0 saturated heterocycles. The first kappa shape index (κ1) is 19.2. The van der Waals surface area contributed by atoms with Crippen molar-refractivity contribution in [2.24, 2.45) is 5.92 Å². The first-order valence-electron chi connectivity index (χ1n) is 8.95. The molecular formula is C20H24ClNO3S. The average Bonchev–Trinajstić information content (AvgIpc) is 3.07. The zero-order chi connectivity index (χ0) is 18.9. The molecule has 1 atom stereocenters. The molecule has 26 heavy (non-hydrogen) atoms. The monoisotopic (exact) mass is 393 g/mol. The second-order valence-electron chi connectivity index (χ2n) is 7.33. The highest BCUT2D eigenvalue weighted by Gasteiger charge is 2.25. The molecular weight excluding hydrogens is 370 g/mol. The van der Waals surface area contributed by atoms with E-state index in [1.54, 1.807) is 19.1 Å². The third kappa shape index (κ3) is 4.21. The Morgan fingerprint density at radius 2 is 1.88 bits per heavy atom. The number of aryl methyl sites for hydroxylation is 1. The van der Waals surface area contributed by atoms with Crippen molar-refractivity contribution in [2.75, 3.05) is 6.26 Å². The molecule has 1 aromatic heterocycles. The van der Waals surface area contributed by atoms with E-state index in [9.17, 15) is 13.2 Å². The molecule has 2 aromatic rings. The first-order valence-corrected chi connectivity index (χ1v) is 11.2. The van der Waals surface area contributed by atoms with Crippen molar-refractivity contribution >= 4 is 21.4 Å². The molecule has 140 valence electrons. The third-order valence-electron chi connectivity index (χ3n) is 5.31. The Labute approximate surface area is 159 Å².